The number of hydrogen-bond acceptors (Lipinski definition) is 4. The Morgan fingerprint density at radius 2 is 1.95 bits per heavy atom. The molecule has 4 nitrogen and oxygen atoms in total. The molecule has 2 aliphatic rings. The molecule has 0 unspecified atom stereocenters. The van der Waals surface area contributed by atoms with Crippen LogP contribution in [-0.4, -0.2) is 43.5 Å². The molecule has 2 fully saturated rings. The van der Waals surface area contributed by atoms with Crippen LogP contribution in [0.15, 0.2) is 34.8 Å². The Morgan fingerprint density at radius 1 is 1.09 bits per heavy atom. The first-order valence-corrected chi connectivity index (χ1v) is 8.57. The fraction of sp³-hybridized carbons (Fsp3) is 0.471. The molecule has 2 aliphatic heterocycles. The third kappa shape index (κ3) is 2.62. The molecule has 116 valence electrons. The lowest BCUT2D eigenvalue weighted by atomic mass is 9.92. The molecule has 1 aromatic heterocycles. The van der Waals surface area contributed by atoms with Gasteiger partial charge in [-0.1, -0.05) is 12.1 Å². The van der Waals surface area contributed by atoms with E-state index in [0.29, 0.717) is 0 Å². The molecule has 1 aromatic carbocycles. The summed E-state index contributed by atoms with van der Waals surface area (Å²) in [5.74, 6) is 1.04. The van der Waals surface area contributed by atoms with Crippen LogP contribution < -0.4 is 4.90 Å². The zero-order chi connectivity index (χ0) is 15.0. The molecule has 2 aromatic rings. The minimum Gasteiger partial charge on any atom is -0.381 e. The van der Waals surface area contributed by atoms with E-state index in [9.17, 15) is 0 Å². The van der Waals surface area contributed by atoms with Crippen LogP contribution in [0.5, 0.6) is 0 Å². The van der Waals surface area contributed by atoms with E-state index in [1.54, 1.807) is 0 Å². The van der Waals surface area contributed by atoms with Gasteiger partial charge in [-0.15, -0.1) is 0 Å². The second-order valence-electron chi connectivity index (χ2n) is 6.05. The molecule has 4 rings (SSSR count). The van der Waals surface area contributed by atoms with Crippen molar-refractivity contribution in [3.63, 3.8) is 0 Å². The van der Waals surface area contributed by atoms with Crippen LogP contribution in [0.1, 0.15) is 12.8 Å². The maximum absolute atomic E-state index is 6.11. The molecule has 3 heterocycles. The lowest BCUT2D eigenvalue weighted by Crippen LogP contribution is -2.54. The number of nitrogens with zero attached hydrogens (tertiary/aromatic N) is 2. The average Bonchev–Trinajstić information content (AvgIpc) is 2.56. The van der Waals surface area contributed by atoms with Gasteiger partial charge in [0, 0.05) is 49.0 Å². The number of morpholine rings is 1. The maximum Gasteiger partial charge on any atom is 0.129 e. The Balaban J connectivity index is 1.64. The summed E-state index contributed by atoms with van der Waals surface area (Å²) in [4.78, 5) is 7.22. The number of aromatic nitrogens is 1. The van der Waals surface area contributed by atoms with E-state index >= 15 is 0 Å². The largest absolute Gasteiger partial charge is 0.381 e. The van der Waals surface area contributed by atoms with Gasteiger partial charge in [0.25, 0.3) is 0 Å². The van der Waals surface area contributed by atoms with Crippen molar-refractivity contribution in [3.8, 4) is 0 Å². The zero-order valence-electron chi connectivity index (χ0n) is 12.4. The lowest BCUT2D eigenvalue weighted by Gasteiger charge is -2.45. The summed E-state index contributed by atoms with van der Waals surface area (Å²) in [6.07, 6.45) is 1.95. The second-order valence-corrected chi connectivity index (χ2v) is 6.90. The predicted octanol–water partition coefficient (Wildman–Crippen LogP) is 3.38. The van der Waals surface area contributed by atoms with Gasteiger partial charge in [-0.25, -0.2) is 4.98 Å². The van der Waals surface area contributed by atoms with E-state index in [2.05, 4.69) is 39.0 Å². The molecule has 0 atom stereocenters. The monoisotopic (exact) mass is 362 g/mol. The van der Waals surface area contributed by atoms with E-state index in [0.717, 1.165) is 66.9 Å². The van der Waals surface area contributed by atoms with Crippen LogP contribution in [0.25, 0.3) is 10.9 Å². The first-order chi connectivity index (χ1) is 10.8. The van der Waals surface area contributed by atoms with Gasteiger partial charge in [-0.2, -0.15) is 0 Å². The summed E-state index contributed by atoms with van der Waals surface area (Å²) < 4.78 is 12.6. The quantitative estimate of drug-likeness (QED) is 0.778. The summed E-state index contributed by atoms with van der Waals surface area (Å²) in [6, 6.07) is 10.4. The summed E-state index contributed by atoms with van der Waals surface area (Å²) >= 11 is 3.60. The van der Waals surface area contributed by atoms with Crippen LogP contribution >= 0.6 is 15.9 Å². The number of anilines is 1. The van der Waals surface area contributed by atoms with Crippen LogP contribution in [0, 0.1) is 0 Å². The van der Waals surface area contributed by atoms with Crippen molar-refractivity contribution in [3.05, 3.63) is 34.8 Å². The molecule has 0 aliphatic carbocycles. The van der Waals surface area contributed by atoms with Gasteiger partial charge >= 0.3 is 0 Å². The SMILES string of the molecule is Brc1cccc2ccc(N3CCOC4(CCOCC4)C3)nc12. The van der Waals surface area contributed by atoms with E-state index in [1.807, 2.05) is 12.1 Å². The minimum absolute atomic E-state index is 0.0545. The van der Waals surface area contributed by atoms with Gasteiger partial charge in [0.1, 0.15) is 5.82 Å². The first-order valence-electron chi connectivity index (χ1n) is 7.78. The van der Waals surface area contributed by atoms with Gasteiger partial charge in [0.2, 0.25) is 0 Å². The third-order valence-corrected chi connectivity index (χ3v) is 5.27. The fourth-order valence-electron chi connectivity index (χ4n) is 3.36. The number of rotatable bonds is 1. The maximum atomic E-state index is 6.11. The summed E-state index contributed by atoms with van der Waals surface area (Å²) in [6.45, 7) is 4.15. The van der Waals surface area contributed by atoms with Crippen molar-refractivity contribution in [2.24, 2.45) is 0 Å². The molecular formula is C17H19BrN2O2. The van der Waals surface area contributed by atoms with E-state index in [-0.39, 0.29) is 5.60 Å². The first kappa shape index (κ1) is 14.4. The van der Waals surface area contributed by atoms with E-state index in [1.165, 1.54) is 0 Å². The van der Waals surface area contributed by atoms with Crippen LogP contribution in [0.3, 0.4) is 0 Å². The van der Waals surface area contributed by atoms with Gasteiger partial charge in [0.05, 0.1) is 17.7 Å². The Labute approximate surface area is 138 Å². The lowest BCUT2D eigenvalue weighted by molar-refractivity contribution is -0.116. The summed E-state index contributed by atoms with van der Waals surface area (Å²) in [7, 11) is 0. The molecule has 1 spiro atoms. The molecule has 22 heavy (non-hydrogen) atoms. The Bertz CT molecular complexity index is 680. The normalized spacial score (nSPS) is 21.4. The number of fused-ring (bicyclic) bond motifs is 1. The van der Waals surface area contributed by atoms with Crippen LogP contribution in [0.4, 0.5) is 5.82 Å². The third-order valence-electron chi connectivity index (χ3n) is 4.63. The summed E-state index contributed by atoms with van der Waals surface area (Å²) in [5, 5.41) is 1.16. The van der Waals surface area contributed by atoms with E-state index < -0.39 is 0 Å². The number of hydrogen-bond donors (Lipinski definition) is 0. The van der Waals surface area contributed by atoms with Crippen LogP contribution in [-0.2, 0) is 9.47 Å². The van der Waals surface area contributed by atoms with Crippen LogP contribution in [0.2, 0.25) is 0 Å². The van der Waals surface area contributed by atoms with Gasteiger partial charge in [0.15, 0.2) is 0 Å². The standard InChI is InChI=1S/C17H19BrN2O2/c18-14-3-1-2-13-4-5-15(19-16(13)14)20-8-11-22-17(12-20)6-9-21-10-7-17/h1-5H,6-12H2. The van der Waals surface area contributed by atoms with Crippen molar-refractivity contribution >= 4 is 32.7 Å². The van der Waals surface area contributed by atoms with Crippen molar-refractivity contribution in [1.29, 1.82) is 0 Å². The Morgan fingerprint density at radius 3 is 2.82 bits per heavy atom. The highest BCUT2D eigenvalue weighted by Gasteiger charge is 2.38. The van der Waals surface area contributed by atoms with Crippen molar-refractivity contribution in [1.82, 2.24) is 4.98 Å². The smallest absolute Gasteiger partial charge is 0.129 e. The topological polar surface area (TPSA) is 34.6 Å². The second kappa shape index (κ2) is 5.80. The number of halogens is 1. The predicted molar refractivity (Wildman–Crippen MR) is 90.4 cm³/mol. The summed E-state index contributed by atoms with van der Waals surface area (Å²) in [5.41, 5.74) is 0.966. The Kier molecular flexibility index (Phi) is 3.80. The van der Waals surface area contributed by atoms with Crippen molar-refractivity contribution in [2.45, 2.75) is 18.4 Å². The number of ether oxygens (including phenoxy) is 2. The molecule has 0 radical (unpaired) electrons. The minimum atomic E-state index is -0.0545. The van der Waals surface area contributed by atoms with E-state index in [4.69, 9.17) is 14.5 Å². The molecule has 0 bridgehead atoms. The zero-order valence-corrected chi connectivity index (χ0v) is 14.0. The molecular weight excluding hydrogens is 344 g/mol. The molecule has 2 saturated heterocycles. The van der Waals surface area contributed by atoms with Crippen molar-refractivity contribution in [2.75, 3.05) is 37.8 Å². The molecule has 0 N–H and O–H groups in total. The highest BCUT2D eigenvalue weighted by Crippen LogP contribution is 2.32. The molecule has 5 heteroatoms. The highest BCUT2D eigenvalue weighted by molar-refractivity contribution is 9.10. The van der Waals surface area contributed by atoms with Gasteiger partial charge in [-0.05, 0) is 34.1 Å². The van der Waals surface area contributed by atoms with Gasteiger partial charge in [-0.3, -0.25) is 0 Å². The molecule has 0 amide bonds. The van der Waals surface area contributed by atoms with Gasteiger partial charge < -0.3 is 14.4 Å². The highest BCUT2D eigenvalue weighted by atomic mass is 79.9. The number of para-hydroxylation sites is 1. The fourth-order valence-corrected chi connectivity index (χ4v) is 3.83. The number of benzene rings is 1. The molecule has 0 saturated carbocycles. The Hall–Kier alpha value is -1.17. The average molecular weight is 363 g/mol. The van der Waals surface area contributed by atoms with Crippen molar-refractivity contribution < 1.29 is 9.47 Å². The number of pyridine rings is 1.